The highest BCUT2D eigenvalue weighted by atomic mass is 19.4. The molecule has 108 valence electrons. The molecule has 0 bridgehead atoms. The molecule has 0 heterocycles. The van der Waals surface area contributed by atoms with E-state index in [2.05, 4.69) is 5.32 Å². The summed E-state index contributed by atoms with van der Waals surface area (Å²) >= 11 is 0. The molecule has 1 N–H and O–H groups in total. The number of nitrogens with one attached hydrogen (secondary N) is 1. The first-order chi connectivity index (χ1) is 8.87. The summed E-state index contributed by atoms with van der Waals surface area (Å²) in [5.74, 6) is -0.222. The molecule has 0 spiro atoms. The average Bonchev–Trinajstić information content (AvgIpc) is 2.33. The molecular formula is C13H17F4NO. The van der Waals surface area contributed by atoms with Gasteiger partial charge in [0.05, 0.1) is 7.11 Å². The maximum absolute atomic E-state index is 13.8. The summed E-state index contributed by atoms with van der Waals surface area (Å²) in [7, 11) is 1.40. The maximum Gasteiger partial charge on any atom is 0.389 e. The van der Waals surface area contributed by atoms with Gasteiger partial charge in [-0.05, 0) is 19.0 Å². The molecule has 0 amide bonds. The zero-order valence-corrected chi connectivity index (χ0v) is 10.9. The molecule has 0 aromatic heterocycles. The fourth-order valence-electron chi connectivity index (χ4n) is 1.84. The molecule has 1 atom stereocenters. The molecule has 0 aliphatic rings. The van der Waals surface area contributed by atoms with E-state index in [1.54, 1.807) is 6.92 Å². The Kier molecular flexibility index (Phi) is 5.60. The van der Waals surface area contributed by atoms with Gasteiger partial charge in [0.25, 0.3) is 0 Å². The highest BCUT2D eigenvalue weighted by molar-refractivity contribution is 5.30. The molecule has 0 saturated carbocycles. The molecule has 19 heavy (non-hydrogen) atoms. The van der Waals surface area contributed by atoms with Crippen LogP contribution in [0, 0.1) is 5.82 Å². The topological polar surface area (TPSA) is 21.3 Å². The lowest BCUT2D eigenvalue weighted by atomic mass is 10.0. The van der Waals surface area contributed by atoms with Crippen molar-refractivity contribution in [3.8, 4) is 5.75 Å². The Bertz CT molecular complexity index is 406. The van der Waals surface area contributed by atoms with Crippen molar-refractivity contribution in [1.29, 1.82) is 0 Å². The van der Waals surface area contributed by atoms with Crippen LogP contribution in [0.15, 0.2) is 18.2 Å². The van der Waals surface area contributed by atoms with Gasteiger partial charge >= 0.3 is 6.18 Å². The Morgan fingerprint density at radius 1 is 1.32 bits per heavy atom. The van der Waals surface area contributed by atoms with E-state index in [1.807, 2.05) is 0 Å². The Morgan fingerprint density at radius 2 is 2.00 bits per heavy atom. The minimum atomic E-state index is -4.24. The highest BCUT2D eigenvalue weighted by Crippen LogP contribution is 2.29. The maximum atomic E-state index is 13.8. The summed E-state index contributed by atoms with van der Waals surface area (Å²) < 4.78 is 55.4. The average molecular weight is 279 g/mol. The van der Waals surface area contributed by atoms with Crippen LogP contribution in [0.3, 0.4) is 0 Å². The van der Waals surface area contributed by atoms with E-state index >= 15 is 0 Å². The first-order valence-corrected chi connectivity index (χ1v) is 6.01. The second kappa shape index (κ2) is 6.75. The van der Waals surface area contributed by atoms with E-state index in [0.29, 0.717) is 12.3 Å². The SMILES string of the molecule is CCNC(CCC(F)(F)F)c1ccc(OC)cc1F. The second-order valence-electron chi connectivity index (χ2n) is 4.15. The standard InChI is InChI=1S/C13H17F4NO/c1-3-18-12(6-7-13(15,16)17)10-5-4-9(19-2)8-11(10)14/h4-5,8,12,18H,3,6-7H2,1-2H3. The van der Waals surface area contributed by atoms with Crippen LogP contribution in [0.1, 0.15) is 31.4 Å². The van der Waals surface area contributed by atoms with Crippen molar-refractivity contribution in [1.82, 2.24) is 5.32 Å². The van der Waals surface area contributed by atoms with E-state index in [1.165, 1.54) is 25.3 Å². The molecule has 2 nitrogen and oxygen atoms in total. The van der Waals surface area contributed by atoms with E-state index in [9.17, 15) is 17.6 Å². The van der Waals surface area contributed by atoms with E-state index < -0.39 is 24.5 Å². The minimum Gasteiger partial charge on any atom is -0.497 e. The predicted molar refractivity (Wildman–Crippen MR) is 64.7 cm³/mol. The van der Waals surface area contributed by atoms with Crippen LogP contribution in [0.4, 0.5) is 17.6 Å². The number of benzene rings is 1. The van der Waals surface area contributed by atoms with Gasteiger partial charge in [-0.3, -0.25) is 0 Å². The fraction of sp³-hybridized carbons (Fsp3) is 0.538. The van der Waals surface area contributed by atoms with Crippen LogP contribution in [0.5, 0.6) is 5.75 Å². The number of hydrogen-bond donors (Lipinski definition) is 1. The molecule has 1 rings (SSSR count). The van der Waals surface area contributed by atoms with Gasteiger partial charge in [-0.1, -0.05) is 13.0 Å². The number of halogens is 4. The Morgan fingerprint density at radius 3 is 2.47 bits per heavy atom. The van der Waals surface area contributed by atoms with Gasteiger partial charge in [0.1, 0.15) is 11.6 Å². The monoisotopic (exact) mass is 279 g/mol. The molecule has 0 fully saturated rings. The number of ether oxygens (including phenoxy) is 1. The summed E-state index contributed by atoms with van der Waals surface area (Å²) in [4.78, 5) is 0. The number of alkyl halides is 3. The van der Waals surface area contributed by atoms with Gasteiger partial charge in [0.2, 0.25) is 0 Å². The molecule has 1 aromatic carbocycles. The van der Waals surface area contributed by atoms with E-state index in [0.717, 1.165) is 0 Å². The zero-order chi connectivity index (χ0) is 14.5. The summed E-state index contributed by atoms with van der Waals surface area (Å²) in [6.45, 7) is 2.23. The van der Waals surface area contributed by atoms with Crippen LogP contribution in [0.25, 0.3) is 0 Å². The van der Waals surface area contributed by atoms with E-state index in [-0.39, 0.29) is 12.0 Å². The van der Waals surface area contributed by atoms with Crippen LogP contribution in [-0.4, -0.2) is 19.8 Å². The molecule has 0 aliphatic heterocycles. The van der Waals surface area contributed by atoms with Gasteiger partial charge < -0.3 is 10.1 Å². The van der Waals surface area contributed by atoms with Crippen molar-refractivity contribution in [2.45, 2.75) is 32.0 Å². The van der Waals surface area contributed by atoms with Gasteiger partial charge in [0, 0.05) is 24.1 Å². The lowest BCUT2D eigenvalue weighted by molar-refractivity contribution is -0.136. The predicted octanol–water partition coefficient (Wildman–Crippen LogP) is 3.83. The molecular weight excluding hydrogens is 262 g/mol. The third-order valence-corrected chi connectivity index (χ3v) is 2.75. The fourth-order valence-corrected chi connectivity index (χ4v) is 1.84. The van der Waals surface area contributed by atoms with Gasteiger partial charge in [-0.15, -0.1) is 0 Å². The first kappa shape index (κ1) is 15.8. The number of methoxy groups -OCH3 is 1. The van der Waals surface area contributed by atoms with Crippen LogP contribution >= 0.6 is 0 Å². The molecule has 0 aliphatic carbocycles. The van der Waals surface area contributed by atoms with Crippen molar-refractivity contribution >= 4 is 0 Å². The third-order valence-electron chi connectivity index (χ3n) is 2.75. The zero-order valence-electron chi connectivity index (χ0n) is 10.9. The largest absolute Gasteiger partial charge is 0.497 e. The van der Waals surface area contributed by atoms with Crippen molar-refractivity contribution in [3.05, 3.63) is 29.6 Å². The van der Waals surface area contributed by atoms with Gasteiger partial charge in [-0.2, -0.15) is 13.2 Å². The lowest BCUT2D eigenvalue weighted by Gasteiger charge is -2.20. The molecule has 6 heteroatoms. The van der Waals surface area contributed by atoms with Gasteiger partial charge in [-0.25, -0.2) is 4.39 Å². The van der Waals surface area contributed by atoms with Crippen molar-refractivity contribution in [3.63, 3.8) is 0 Å². The normalized spacial score (nSPS) is 13.4. The lowest BCUT2D eigenvalue weighted by Crippen LogP contribution is -2.24. The Hall–Kier alpha value is -1.30. The van der Waals surface area contributed by atoms with E-state index in [4.69, 9.17) is 4.74 Å². The first-order valence-electron chi connectivity index (χ1n) is 6.01. The van der Waals surface area contributed by atoms with Gasteiger partial charge in [0.15, 0.2) is 0 Å². The third kappa shape index (κ3) is 5.06. The number of rotatable bonds is 6. The van der Waals surface area contributed by atoms with Crippen molar-refractivity contribution < 1.29 is 22.3 Å². The molecule has 0 saturated heterocycles. The number of hydrogen-bond acceptors (Lipinski definition) is 2. The summed E-state index contributed by atoms with van der Waals surface area (Å²) in [6.07, 6.45) is -5.38. The van der Waals surface area contributed by atoms with Crippen LogP contribution < -0.4 is 10.1 Å². The van der Waals surface area contributed by atoms with Crippen molar-refractivity contribution in [2.24, 2.45) is 0 Å². The molecule has 0 radical (unpaired) electrons. The van der Waals surface area contributed by atoms with Crippen LogP contribution in [0.2, 0.25) is 0 Å². The quantitative estimate of drug-likeness (QED) is 0.799. The molecule has 1 aromatic rings. The summed E-state index contributed by atoms with van der Waals surface area (Å²) in [6, 6.07) is 3.51. The van der Waals surface area contributed by atoms with Crippen molar-refractivity contribution in [2.75, 3.05) is 13.7 Å². The second-order valence-corrected chi connectivity index (χ2v) is 4.15. The Labute approximate surface area is 109 Å². The molecule has 1 unspecified atom stereocenters. The Balaban J connectivity index is 2.86. The highest BCUT2D eigenvalue weighted by Gasteiger charge is 2.29. The summed E-state index contributed by atoms with van der Waals surface area (Å²) in [5, 5.41) is 2.87. The minimum absolute atomic E-state index is 0.194. The smallest absolute Gasteiger partial charge is 0.389 e. The van der Waals surface area contributed by atoms with Crippen LogP contribution in [-0.2, 0) is 0 Å². The summed E-state index contributed by atoms with van der Waals surface area (Å²) in [5.41, 5.74) is 0.229.